The molecule has 330 valence electrons. The Morgan fingerprint density at radius 2 is 0.825 bits per heavy atom. The molecule has 0 saturated carbocycles. The molecule has 0 N–H and O–H groups in total. The van der Waals surface area contributed by atoms with E-state index in [9.17, 15) is 0 Å². The van der Waals surface area contributed by atoms with E-state index in [4.69, 9.17) is 56.8 Å². The highest BCUT2D eigenvalue weighted by molar-refractivity contribution is 5.61. The highest BCUT2D eigenvalue weighted by Gasteiger charge is 2.24. The molecule has 0 aromatic heterocycles. The molecule has 7 rings (SSSR count). The minimum absolute atomic E-state index is 0.143. The van der Waals surface area contributed by atoms with Gasteiger partial charge >= 0.3 is 0 Å². The maximum atomic E-state index is 6.82. The largest absolute Gasteiger partial charge is 0.497 e. The molecule has 1 aliphatic heterocycles. The Balaban J connectivity index is 1.26. The van der Waals surface area contributed by atoms with Crippen molar-refractivity contribution in [2.45, 2.75) is 38.5 Å². The Morgan fingerprint density at radius 3 is 1.29 bits per heavy atom. The molecular weight excluding hydrogens is 805 g/mol. The zero-order chi connectivity index (χ0) is 44.3. The third-order valence-electron chi connectivity index (χ3n) is 10.9. The van der Waals surface area contributed by atoms with Crippen molar-refractivity contribution in [3.05, 3.63) is 130 Å². The Morgan fingerprint density at radius 1 is 0.365 bits per heavy atom. The van der Waals surface area contributed by atoms with Gasteiger partial charge in [0.15, 0.2) is 46.0 Å². The number of aryl methyl sites for hydroxylation is 6. The molecule has 0 fully saturated rings. The van der Waals surface area contributed by atoms with Crippen molar-refractivity contribution in [2.24, 2.45) is 0 Å². The van der Waals surface area contributed by atoms with E-state index < -0.39 is 0 Å². The Labute approximate surface area is 369 Å². The number of benzene rings is 6. The molecule has 0 atom stereocenters. The standard InChI is InChI=1S/C51H54O12/c1-52-38-13-9-11-32(21-38)17-19-36-27-44(42(56-5)29-40(36)54-3)62-48-25-35(16-15-34-23-46(58-7)51-47(24-34)60-31-61-51)26-49(50(48)59-8)63-45-28-37(41(55-4)30-43(45)57-6)20-18-33-12-10-14-39(22-33)53-2/h9-14,21-30H,15-20,31H2,1-8H3. The van der Waals surface area contributed by atoms with Crippen LogP contribution >= 0.6 is 0 Å². The van der Waals surface area contributed by atoms with E-state index >= 15 is 0 Å². The van der Waals surface area contributed by atoms with Crippen molar-refractivity contribution in [3.8, 4) is 80.5 Å². The van der Waals surface area contributed by atoms with Crippen LogP contribution in [0, 0.1) is 0 Å². The predicted octanol–water partition coefficient (Wildman–Crippen LogP) is 10.4. The summed E-state index contributed by atoms with van der Waals surface area (Å²) in [6, 6.07) is 31.5. The van der Waals surface area contributed by atoms with Gasteiger partial charge in [-0.3, -0.25) is 0 Å². The quantitative estimate of drug-likeness (QED) is 0.0687. The van der Waals surface area contributed by atoms with Crippen LogP contribution in [0.5, 0.6) is 80.5 Å². The van der Waals surface area contributed by atoms with Crippen LogP contribution in [0.15, 0.2) is 97.1 Å². The molecule has 0 radical (unpaired) electrons. The summed E-state index contributed by atoms with van der Waals surface area (Å²) in [6.45, 7) is 0.143. The van der Waals surface area contributed by atoms with E-state index in [-0.39, 0.29) is 6.79 Å². The van der Waals surface area contributed by atoms with E-state index in [0.29, 0.717) is 94.7 Å². The summed E-state index contributed by atoms with van der Waals surface area (Å²) in [5, 5.41) is 0. The highest BCUT2D eigenvalue weighted by Crippen LogP contribution is 2.48. The molecule has 6 aromatic carbocycles. The molecule has 0 spiro atoms. The maximum absolute atomic E-state index is 6.82. The lowest BCUT2D eigenvalue weighted by Gasteiger charge is -2.21. The summed E-state index contributed by atoms with van der Waals surface area (Å²) >= 11 is 0. The fourth-order valence-electron chi connectivity index (χ4n) is 7.61. The second kappa shape index (κ2) is 20.7. The number of fused-ring (bicyclic) bond motifs is 1. The fraction of sp³-hybridized carbons (Fsp3) is 0.294. The second-order valence-electron chi connectivity index (χ2n) is 14.7. The average molecular weight is 859 g/mol. The minimum atomic E-state index is 0.143. The van der Waals surface area contributed by atoms with Crippen molar-refractivity contribution < 1.29 is 56.8 Å². The molecule has 63 heavy (non-hydrogen) atoms. The van der Waals surface area contributed by atoms with Crippen LogP contribution in [0.2, 0.25) is 0 Å². The number of hydrogen-bond acceptors (Lipinski definition) is 12. The van der Waals surface area contributed by atoms with Crippen molar-refractivity contribution in [1.82, 2.24) is 0 Å². The predicted molar refractivity (Wildman–Crippen MR) is 240 cm³/mol. The van der Waals surface area contributed by atoms with Crippen LogP contribution in [-0.2, 0) is 38.5 Å². The van der Waals surface area contributed by atoms with Crippen LogP contribution in [0.4, 0.5) is 0 Å². The SMILES string of the molecule is COc1cccc(CCc2cc(Oc3cc(CCc4cc(OC)c5c(c4)OCO5)cc(Oc4cc(CCc5cccc(OC)c5)c(OC)cc4OC)c3OC)c(OC)cc2OC)c1. The smallest absolute Gasteiger partial charge is 0.231 e. The molecule has 0 unspecified atom stereocenters. The lowest BCUT2D eigenvalue weighted by atomic mass is 10.0. The van der Waals surface area contributed by atoms with Gasteiger partial charge in [0, 0.05) is 12.1 Å². The summed E-state index contributed by atoms with van der Waals surface area (Å²) in [7, 11) is 13.0. The number of ether oxygens (including phenoxy) is 12. The maximum Gasteiger partial charge on any atom is 0.231 e. The third-order valence-corrected chi connectivity index (χ3v) is 10.9. The molecule has 0 bridgehead atoms. The molecular formula is C51H54O12. The second-order valence-corrected chi connectivity index (χ2v) is 14.7. The van der Waals surface area contributed by atoms with Crippen LogP contribution in [0.1, 0.15) is 33.4 Å². The summed E-state index contributed by atoms with van der Waals surface area (Å²) in [5.74, 6) is 7.95. The van der Waals surface area contributed by atoms with Gasteiger partial charge in [-0.2, -0.15) is 0 Å². The molecule has 12 heteroatoms. The first kappa shape index (κ1) is 44.0. The van der Waals surface area contributed by atoms with Crippen molar-refractivity contribution in [1.29, 1.82) is 0 Å². The summed E-state index contributed by atoms with van der Waals surface area (Å²) in [4.78, 5) is 0. The van der Waals surface area contributed by atoms with Gasteiger partial charge in [0.2, 0.25) is 18.3 Å². The van der Waals surface area contributed by atoms with Gasteiger partial charge in [-0.15, -0.1) is 0 Å². The summed E-state index contributed by atoms with van der Waals surface area (Å²) in [5.41, 5.74) is 6.04. The monoisotopic (exact) mass is 858 g/mol. The molecule has 12 nitrogen and oxygen atoms in total. The first-order chi connectivity index (χ1) is 30.8. The Hall–Kier alpha value is -7.08. The molecule has 0 amide bonds. The highest BCUT2D eigenvalue weighted by atomic mass is 16.7. The minimum Gasteiger partial charge on any atom is -0.497 e. The molecule has 6 aromatic rings. The molecule has 1 heterocycles. The van der Waals surface area contributed by atoms with Gasteiger partial charge in [-0.05, 0) is 133 Å². The lowest BCUT2D eigenvalue weighted by molar-refractivity contribution is 0.171. The van der Waals surface area contributed by atoms with Gasteiger partial charge in [0.05, 0.1) is 56.9 Å². The van der Waals surface area contributed by atoms with Crippen molar-refractivity contribution in [3.63, 3.8) is 0 Å². The normalized spacial score (nSPS) is 11.4. The summed E-state index contributed by atoms with van der Waals surface area (Å²) in [6.07, 6.45) is 4.05. The van der Waals surface area contributed by atoms with Gasteiger partial charge in [-0.1, -0.05) is 24.3 Å². The molecule has 0 saturated heterocycles. The zero-order valence-electron chi connectivity index (χ0n) is 37.1. The number of rotatable bonds is 21. The first-order valence-electron chi connectivity index (χ1n) is 20.6. The van der Waals surface area contributed by atoms with Crippen LogP contribution < -0.4 is 56.8 Å². The topological polar surface area (TPSA) is 111 Å². The number of methoxy groups -OCH3 is 8. The van der Waals surface area contributed by atoms with Gasteiger partial charge in [0.1, 0.15) is 23.0 Å². The van der Waals surface area contributed by atoms with Crippen molar-refractivity contribution in [2.75, 3.05) is 63.7 Å². The van der Waals surface area contributed by atoms with E-state index in [1.165, 1.54) is 0 Å². The van der Waals surface area contributed by atoms with Gasteiger partial charge < -0.3 is 56.8 Å². The number of hydrogen-bond donors (Lipinski definition) is 0. The summed E-state index contributed by atoms with van der Waals surface area (Å²) < 4.78 is 71.1. The van der Waals surface area contributed by atoms with E-state index in [0.717, 1.165) is 57.7 Å². The van der Waals surface area contributed by atoms with Crippen LogP contribution in [0.25, 0.3) is 0 Å². The van der Waals surface area contributed by atoms with Gasteiger partial charge in [0.25, 0.3) is 0 Å². The van der Waals surface area contributed by atoms with Crippen LogP contribution in [-0.4, -0.2) is 63.7 Å². The van der Waals surface area contributed by atoms with E-state index in [2.05, 4.69) is 12.1 Å². The Bertz CT molecular complexity index is 2380. The van der Waals surface area contributed by atoms with E-state index in [1.54, 1.807) is 56.9 Å². The lowest BCUT2D eigenvalue weighted by Crippen LogP contribution is -2.02. The van der Waals surface area contributed by atoms with Gasteiger partial charge in [-0.25, -0.2) is 0 Å². The molecule has 0 aliphatic carbocycles. The Kier molecular flexibility index (Phi) is 14.4. The van der Waals surface area contributed by atoms with Crippen molar-refractivity contribution >= 4 is 0 Å². The van der Waals surface area contributed by atoms with Crippen LogP contribution in [0.3, 0.4) is 0 Å². The zero-order valence-corrected chi connectivity index (χ0v) is 37.1. The third kappa shape index (κ3) is 10.3. The fourth-order valence-corrected chi connectivity index (χ4v) is 7.61. The average Bonchev–Trinajstić information content (AvgIpc) is 3.81. The van der Waals surface area contributed by atoms with E-state index in [1.807, 2.05) is 84.9 Å². The first-order valence-corrected chi connectivity index (χ1v) is 20.6. The molecule has 1 aliphatic rings.